The Morgan fingerprint density at radius 2 is 2.00 bits per heavy atom. The second kappa shape index (κ2) is 7.27. The Balaban J connectivity index is 1.51. The van der Waals surface area contributed by atoms with Crippen molar-refractivity contribution in [2.45, 2.75) is 31.1 Å². The van der Waals surface area contributed by atoms with Gasteiger partial charge in [0.15, 0.2) is 12.4 Å². The van der Waals surface area contributed by atoms with Crippen LogP contribution in [-0.4, -0.2) is 26.7 Å². The molecular formula is C21H19NO5S2. The van der Waals surface area contributed by atoms with Crippen LogP contribution in [-0.2, 0) is 14.8 Å². The van der Waals surface area contributed by atoms with Gasteiger partial charge in [-0.2, -0.15) is 0 Å². The normalized spacial score (nSPS) is 16.1. The molecule has 1 aliphatic rings. The van der Waals surface area contributed by atoms with Crippen molar-refractivity contribution < 1.29 is 22.7 Å². The van der Waals surface area contributed by atoms with E-state index < -0.39 is 22.5 Å². The van der Waals surface area contributed by atoms with Gasteiger partial charge >= 0.3 is 0 Å². The van der Waals surface area contributed by atoms with E-state index in [0.29, 0.717) is 23.1 Å². The Kier molecular flexibility index (Phi) is 4.92. The lowest BCUT2D eigenvalue weighted by Crippen LogP contribution is -2.34. The van der Waals surface area contributed by atoms with Crippen molar-refractivity contribution in [3.8, 4) is 5.75 Å². The lowest BCUT2D eigenvalue weighted by atomic mass is 9.97. The summed E-state index contributed by atoms with van der Waals surface area (Å²) in [6.07, 6.45) is 0.405. The van der Waals surface area contributed by atoms with Crippen LogP contribution in [0.2, 0.25) is 0 Å². The second-order valence-corrected chi connectivity index (χ2v) is 9.67. The maximum absolute atomic E-state index is 12.6. The zero-order valence-corrected chi connectivity index (χ0v) is 17.5. The van der Waals surface area contributed by atoms with Crippen LogP contribution in [0.4, 0.5) is 0 Å². The summed E-state index contributed by atoms with van der Waals surface area (Å²) in [6.45, 7) is 3.41. The fraction of sp³-hybridized carbons (Fsp3) is 0.238. The van der Waals surface area contributed by atoms with Crippen LogP contribution in [0.1, 0.15) is 40.7 Å². The molecule has 0 bridgehead atoms. The van der Waals surface area contributed by atoms with Gasteiger partial charge in [0.1, 0.15) is 10.6 Å². The number of rotatable bonds is 5. The van der Waals surface area contributed by atoms with Crippen LogP contribution in [0.25, 0.3) is 10.1 Å². The zero-order chi connectivity index (χ0) is 20.8. The van der Waals surface area contributed by atoms with Gasteiger partial charge in [0.2, 0.25) is 0 Å². The number of ether oxygens (including phenoxy) is 1. The maximum Gasteiger partial charge on any atom is 0.271 e. The molecule has 6 nitrogen and oxygen atoms in total. The van der Waals surface area contributed by atoms with E-state index >= 15 is 0 Å². The number of carbonyl (C=O) groups excluding carboxylic acids is 2. The molecule has 1 amide bonds. The fourth-order valence-corrected chi connectivity index (χ4v) is 6.24. The van der Waals surface area contributed by atoms with Crippen LogP contribution >= 0.6 is 11.3 Å². The van der Waals surface area contributed by atoms with Crippen molar-refractivity contribution in [1.29, 1.82) is 0 Å². The first-order valence-corrected chi connectivity index (χ1v) is 11.5. The third-order valence-electron chi connectivity index (χ3n) is 5.03. The molecule has 150 valence electrons. The highest BCUT2D eigenvalue weighted by Crippen LogP contribution is 2.40. The molecule has 1 aromatic heterocycles. The molecule has 2 aromatic carbocycles. The highest BCUT2D eigenvalue weighted by molar-refractivity contribution is 7.90. The van der Waals surface area contributed by atoms with Gasteiger partial charge in [-0.1, -0.05) is 31.2 Å². The summed E-state index contributed by atoms with van der Waals surface area (Å²) < 4.78 is 33.7. The number of aryl methyl sites for hydroxylation is 1. The average molecular weight is 430 g/mol. The zero-order valence-electron chi connectivity index (χ0n) is 15.9. The van der Waals surface area contributed by atoms with Crippen molar-refractivity contribution in [1.82, 2.24) is 4.72 Å². The van der Waals surface area contributed by atoms with Gasteiger partial charge in [-0.3, -0.25) is 9.59 Å². The van der Waals surface area contributed by atoms with E-state index in [9.17, 15) is 18.0 Å². The highest BCUT2D eigenvalue weighted by atomic mass is 32.2. The molecule has 0 fully saturated rings. The van der Waals surface area contributed by atoms with Crippen LogP contribution in [0.3, 0.4) is 0 Å². The maximum atomic E-state index is 12.6. The molecule has 3 aromatic rings. The number of hydrogen-bond acceptors (Lipinski definition) is 6. The van der Waals surface area contributed by atoms with Gasteiger partial charge in [0.25, 0.3) is 15.9 Å². The van der Waals surface area contributed by atoms with Crippen molar-refractivity contribution in [3.63, 3.8) is 0 Å². The van der Waals surface area contributed by atoms with Gasteiger partial charge in [0.05, 0.1) is 5.56 Å². The SMILES string of the molecule is Cc1ccc(OCC(=O)NS(=O)(=O)c2csc3ccccc23)c2c1C(C)CC2=O. The number of carbonyl (C=O) groups is 2. The minimum atomic E-state index is -4.02. The minimum absolute atomic E-state index is 0.0241. The smallest absolute Gasteiger partial charge is 0.271 e. The van der Waals surface area contributed by atoms with E-state index in [4.69, 9.17) is 4.74 Å². The number of sulfonamides is 1. The molecule has 1 aliphatic carbocycles. The monoisotopic (exact) mass is 429 g/mol. The van der Waals surface area contributed by atoms with Gasteiger partial charge in [-0.15, -0.1) is 11.3 Å². The Morgan fingerprint density at radius 3 is 2.79 bits per heavy atom. The summed E-state index contributed by atoms with van der Waals surface area (Å²) >= 11 is 1.29. The third kappa shape index (κ3) is 3.54. The number of benzene rings is 2. The third-order valence-corrected chi connectivity index (χ3v) is 7.56. The molecule has 8 heteroatoms. The van der Waals surface area contributed by atoms with Crippen LogP contribution < -0.4 is 9.46 Å². The van der Waals surface area contributed by atoms with Crippen LogP contribution in [0.5, 0.6) is 5.75 Å². The van der Waals surface area contributed by atoms with Crippen molar-refractivity contribution >= 4 is 43.1 Å². The Bertz CT molecular complexity index is 1240. The first-order valence-electron chi connectivity index (χ1n) is 9.09. The molecule has 0 aliphatic heterocycles. The van der Waals surface area contributed by atoms with E-state index in [0.717, 1.165) is 15.8 Å². The predicted molar refractivity (Wildman–Crippen MR) is 111 cm³/mol. The number of thiophene rings is 1. The van der Waals surface area contributed by atoms with E-state index in [1.54, 1.807) is 18.2 Å². The molecule has 1 heterocycles. The van der Waals surface area contributed by atoms with Gasteiger partial charge in [-0.25, -0.2) is 13.1 Å². The number of amides is 1. The standard InChI is InChI=1S/C21H19NO5S2/c1-12-7-8-16(21-15(23)9-13(2)20(12)21)27-10-19(24)22-29(25,26)18-11-28-17-6-4-3-5-14(17)18/h3-8,11,13H,9-10H2,1-2H3,(H,22,24). The van der Waals surface area contributed by atoms with E-state index in [1.807, 2.05) is 32.0 Å². The molecule has 4 rings (SSSR count). The Morgan fingerprint density at radius 1 is 1.24 bits per heavy atom. The van der Waals surface area contributed by atoms with E-state index in [1.165, 1.54) is 16.7 Å². The molecule has 0 radical (unpaired) electrons. The molecule has 1 atom stereocenters. The summed E-state index contributed by atoms with van der Waals surface area (Å²) in [5.41, 5.74) is 2.43. The van der Waals surface area contributed by atoms with E-state index in [2.05, 4.69) is 4.72 Å². The van der Waals surface area contributed by atoms with Gasteiger partial charge in [0, 0.05) is 21.9 Å². The molecule has 0 spiro atoms. The number of ketones is 1. The Labute approximate surface area is 172 Å². The number of nitrogens with one attached hydrogen (secondary N) is 1. The van der Waals surface area contributed by atoms with Gasteiger partial charge < -0.3 is 4.74 Å². The lowest BCUT2D eigenvalue weighted by molar-refractivity contribution is -0.121. The van der Waals surface area contributed by atoms with Crippen LogP contribution in [0, 0.1) is 6.92 Å². The first-order chi connectivity index (χ1) is 13.8. The molecule has 0 saturated heterocycles. The van der Waals surface area contributed by atoms with Crippen molar-refractivity contribution in [3.05, 3.63) is 58.5 Å². The summed E-state index contributed by atoms with van der Waals surface area (Å²) in [5.74, 6) is -0.410. The van der Waals surface area contributed by atoms with Gasteiger partial charge in [-0.05, 0) is 36.1 Å². The van der Waals surface area contributed by atoms with Crippen molar-refractivity contribution in [2.75, 3.05) is 6.61 Å². The summed E-state index contributed by atoms with van der Waals surface area (Å²) in [4.78, 5) is 24.7. The average Bonchev–Trinajstić information content (AvgIpc) is 3.23. The highest BCUT2D eigenvalue weighted by Gasteiger charge is 2.31. The second-order valence-electron chi connectivity index (χ2n) is 7.11. The topological polar surface area (TPSA) is 89.5 Å². The molecular weight excluding hydrogens is 410 g/mol. The number of fused-ring (bicyclic) bond motifs is 2. The summed E-state index contributed by atoms with van der Waals surface area (Å²) in [5, 5.41) is 2.07. The number of Topliss-reactive ketones (excluding diaryl/α,β-unsaturated/α-hetero) is 1. The lowest BCUT2D eigenvalue weighted by Gasteiger charge is -2.13. The summed E-state index contributed by atoms with van der Waals surface area (Å²) in [6, 6.07) is 10.6. The minimum Gasteiger partial charge on any atom is -0.483 e. The van der Waals surface area contributed by atoms with E-state index in [-0.39, 0.29) is 16.6 Å². The first kappa shape index (κ1) is 19.6. The summed E-state index contributed by atoms with van der Waals surface area (Å²) in [7, 11) is -4.02. The largest absolute Gasteiger partial charge is 0.483 e. The number of hydrogen-bond donors (Lipinski definition) is 1. The molecule has 29 heavy (non-hydrogen) atoms. The molecule has 0 saturated carbocycles. The fourth-order valence-electron chi connectivity index (χ4n) is 3.77. The predicted octanol–water partition coefficient (Wildman–Crippen LogP) is 3.78. The van der Waals surface area contributed by atoms with Crippen molar-refractivity contribution in [2.24, 2.45) is 0 Å². The molecule has 1 N–H and O–H groups in total. The molecule has 1 unspecified atom stereocenters. The quantitative estimate of drug-likeness (QED) is 0.667. The Hall–Kier alpha value is -2.71. The van der Waals surface area contributed by atoms with Crippen LogP contribution in [0.15, 0.2) is 46.7 Å².